The van der Waals surface area contributed by atoms with E-state index >= 15 is 0 Å². The van der Waals surface area contributed by atoms with Crippen LogP contribution in [-0.4, -0.2) is 54.1 Å². The number of aromatic nitrogens is 2. The number of hydrogen-bond acceptors (Lipinski definition) is 4. The van der Waals surface area contributed by atoms with Gasteiger partial charge in [-0.15, -0.1) is 0 Å². The van der Waals surface area contributed by atoms with Gasteiger partial charge in [0, 0.05) is 13.0 Å². The Kier molecular flexibility index (Phi) is 4.78. The molecule has 138 valence electrons. The topological polar surface area (TPSA) is 70.2 Å². The van der Waals surface area contributed by atoms with Crippen molar-refractivity contribution in [2.75, 3.05) is 27.2 Å². The lowest BCUT2D eigenvalue weighted by Gasteiger charge is -2.27. The average molecular weight is 354 g/mol. The lowest BCUT2D eigenvalue weighted by Crippen LogP contribution is -2.38. The van der Waals surface area contributed by atoms with Gasteiger partial charge in [-0.05, 0) is 50.5 Å². The Bertz CT molecular complexity index is 780. The number of imidazole rings is 1. The van der Waals surface area contributed by atoms with Crippen LogP contribution >= 0.6 is 0 Å². The highest BCUT2D eigenvalue weighted by atomic mass is 16.5. The Balaban J connectivity index is 1.43. The van der Waals surface area contributed by atoms with Crippen LogP contribution in [0.5, 0.6) is 0 Å². The van der Waals surface area contributed by atoms with Gasteiger partial charge in [0.25, 0.3) is 5.91 Å². The molecule has 2 heterocycles. The smallest absolute Gasteiger partial charge is 0.269 e. The van der Waals surface area contributed by atoms with Gasteiger partial charge < -0.3 is 19.9 Å². The van der Waals surface area contributed by atoms with E-state index in [4.69, 9.17) is 4.74 Å². The van der Waals surface area contributed by atoms with Gasteiger partial charge in [0.15, 0.2) is 0 Å². The van der Waals surface area contributed by atoms with E-state index in [9.17, 15) is 4.79 Å². The predicted octanol–water partition coefficient (Wildman–Crippen LogP) is 2.26. The Morgan fingerprint density at radius 3 is 2.85 bits per heavy atom. The molecule has 1 aromatic heterocycles. The molecule has 2 N–H and O–H groups in total. The van der Waals surface area contributed by atoms with E-state index in [1.807, 2.05) is 12.1 Å². The number of benzene rings is 1. The maximum atomic E-state index is 12.7. The third kappa shape index (κ3) is 3.27. The van der Waals surface area contributed by atoms with Gasteiger partial charge in [0.2, 0.25) is 0 Å². The zero-order valence-electron chi connectivity index (χ0n) is 15.4. The maximum absolute atomic E-state index is 12.7. The Morgan fingerprint density at radius 1 is 1.31 bits per heavy atom. The molecule has 0 unspecified atom stereocenters. The van der Waals surface area contributed by atoms with E-state index < -0.39 is 0 Å². The molecule has 6 nitrogen and oxygen atoms in total. The first-order chi connectivity index (χ1) is 12.7. The highest BCUT2D eigenvalue weighted by Crippen LogP contribution is 2.33. The SMILES string of the molecule is CO[C@H]1c2ccccc2C[C@H]1NC(=O)c1cnc(C2CCN(C)CC2)[nH]1. The summed E-state index contributed by atoms with van der Waals surface area (Å²) in [5, 5.41) is 3.12. The predicted molar refractivity (Wildman–Crippen MR) is 99.2 cm³/mol. The number of likely N-dealkylation sites (tertiary alicyclic amines) is 1. The second-order valence-electron chi connectivity index (χ2n) is 7.40. The van der Waals surface area contributed by atoms with Crippen LogP contribution in [0.25, 0.3) is 0 Å². The van der Waals surface area contributed by atoms with E-state index in [0.717, 1.165) is 43.7 Å². The molecule has 0 bridgehead atoms. The van der Waals surface area contributed by atoms with Crippen LogP contribution in [0, 0.1) is 0 Å². The number of aromatic amines is 1. The third-order valence-corrected chi connectivity index (χ3v) is 5.68. The van der Waals surface area contributed by atoms with Gasteiger partial charge in [-0.2, -0.15) is 0 Å². The monoisotopic (exact) mass is 354 g/mol. The second-order valence-corrected chi connectivity index (χ2v) is 7.40. The average Bonchev–Trinajstić information content (AvgIpc) is 3.26. The molecule has 1 aliphatic heterocycles. The van der Waals surface area contributed by atoms with Crippen LogP contribution in [0.1, 0.15) is 52.3 Å². The minimum atomic E-state index is -0.114. The molecule has 1 aliphatic carbocycles. The summed E-state index contributed by atoms with van der Waals surface area (Å²) in [7, 11) is 3.84. The summed E-state index contributed by atoms with van der Waals surface area (Å²) in [5.74, 6) is 1.23. The summed E-state index contributed by atoms with van der Waals surface area (Å²) in [6.45, 7) is 2.14. The van der Waals surface area contributed by atoms with Crippen molar-refractivity contribution in [2.24, 2.45) is 0 Å². The fourth-order valence-electron chi connectivity index (χ4n) is 4.16. The Morgan fingerprint density at radius 2 is 2.08 bits per heavy atom. The van der Waals surface area contributed by atoms with Crippen LogP contribution in [-0.2, 0) is 11.2 Å². The van der Waals surface area contributed by atoms with Crippen molar-refractivity contribution in [2.45, 2.75) is 37.3 Å². The summed E-state index contributed by atoms with van der Waals surface area (Å²) in [5.41, 5.74) is 2.93. The van der Waals surface area contributed by atoms with Crippen molar-refractivity contribution in [3.63, 3.8) is 0 Å². The normalized spacial score (nSPS) is 23.8. The number of amides is 1. The second kappa shape index (κ2) is 7.21. The molecule has 1 amide bonds. The van der Waals surface area contributed by atoms with Crippen molar-refractivity contribution >= 4 is 5.91 Å². The van der Waals surface area contributed by atoms with Gasteiger partial charge >= 0.3 is 0 Å². The number of hydrogen-bond donors (Lipinski definition) is 2. The number of rotatable bonds is 4. The van der Waals surface area contributed by atoms with Gasteiger partial charge in [-0.25, -0.2) is 4.98 Å². The fraction of sp³-hybridized carbons (Fsp3) is 0.500. The summed E-state index contributed by atoms with van der Waals surface area (Å²) in [4.78, 5) is 22.8. The van der Waals surface area contributed by atoms with Crippen molar-refractivity contribution in [1.29, 1.82) is 0 Å². The van der Waals surface area contributed by atoms with Gasteiger partial charge in [0.1, 0.15) is 17.6 Å². The molecule has 0 saturated carbocycles. The van der Waals surface area contributed by atoms with Crippen molar-refractivity contribution < 1.29 is 9.53 Å². The Labute approximate surface area is 154 Å². The van der Waals surface area contributed by atoms with E-state index in [1.54, 1.807) is 13.3 Å². The minimum absolute atomic E-state index is 0.0556. The molecular weight excluding hydrogens is 328 g/mol. The molecule has 1 saturated heterocycles. The van der Waals surface area contributed by atoms with Crippen molar-refractivity contribution in [3.05, 3.63) is 53.1 Å². The number of H-pyrrole nitrogens is 1. The van der Waals surface area contributed by atoms with Crippen molar-refractivity contribution in [1.82, 2.24) is 20.2 Å². The third-order valence-electron chi connectivity index (χ3n) is 5.68. The first-order valence-electron chi connectivity index (χ1n) is 9.30. The largest absolute Gasteiger partial charge is 0.375 e. The van der Waals surface area contributed by atoms with Gasteiger partial charge in [-0.1, -0.05) is 24.3 Å². The van der Waals surface area contributed by atoms with Crippen LogP contribution in [0.3, 0.4) is 0 Å². The molecule has 4 rings (SSSR count). The van der Waals surface area contributed by atoms with Gasteiger partial charge in [-0.3, -0.25) is 4.79 Å². The lowest BCUT2D eigenvalue weighted by molar-refractivity contribution is 0.0673. The number of piperidine rings is 1. The van der Waals surface area contributed by atoms with Gasteiger partial charge in [0.05, 0.1) is 12.2 Å². The quantitative estimate of drug-likeness (QED) is 0.884. The standard InChI is InChI=1S/C20H26N4O2/c1-24-9-7-13(8-10-24)19-21-12-17(22-19)20(25)23-16-11-14-5-3-4-6-15(14)18(16)26-2/h3-6,12-13,16,18H,7-11H2,1-2H3,(H,21,22)(H,23,25)/t16-,18+/m1/s1. The zero-order valence-corrected chi connectivity index (χ0v) is 15.4. The van der Waals surface area contributed by atoms with E-state index in [0.29, 0.717) is 11.6 Å². The number of nitrogens with one attached hydrogen (secondary N) is 2. The van der Waals surface area contributed by atoms with E-state index in [-0.39, 0.29) is 18.1 Å². The molecule has 2 aromatic rings. The summed E-state index contributed by atoms with van der Waals surface area (Å²) in [6.07, 6.45) is 4.50. The van der Waals surface area contributed by atoms with Crippen LogP contribution in [0.4, 0.5) is 0 Å². The van der Waals surface area contributed by atoms with Crippen LogP contribution in [0.15, 0.2) is 30.5 Å². The number of fused-ring (bicyclic) bond motifs is 1. The molecule has 6 heteroatoms. The number of carbonyl (C=O) groups is 1. The molecule has 2 atom stereocenters. The summed E-state index contributed by atoms with van der Waals surface area (Å²) >= 11 is 0. The van der Waals surface area contributed by atoms with E-state index in [2.05, 4.69) is 39.4 Å². The van der Waals surface area contributed by atoms with E-state index in [1.165, 1.54) is 5.56 Å². The zero-order chi connectivity index (χ0) is 18.1. The van der Waals surface area contributed by atoms with Crippen molar-refractivity contribution in [3.8, 4) is 0 Å². The first kappa shape index (κ1) is 17.2. The first-order valence-corrected chi connectivity index (χ1v) is 9.30. The summed E-state index contributed by atoms with van der Waals surface area (Å²) in [6, 6.07) is 8.16. The minimum Gasteiger partial charge on any atom is -0.375 e. The molecule has 2 aliphatic rings. The number of carbonyl (C=O) groups excluding carboxylic acids is 1. The molecule has 1 aromatic carbocycles. The number of methoxy groups -OCH3 is 1. The number of nitrogens with zero attached hydrogens (tertiary/aromatic N) is 2. The van der Waals surface area contributed by atoms with Crippen LogP contribution < -0.4 is 5.32 Å². The molecule has 0 radical (unpaired) electrons. The molecule has 1 fully saturated rings. The highest BCUT2D eigenvalue weighted by molar-refractivity contribution is 5.92. The van der Waals surface area contributed by atoms with Crippen LogP contribution in [0.2, 0.25) is 0 Å². The number of ether oxygens (including phenoxy) is 1. The Hall–Kier alpha value is -2.18. The highest BCUT2D eigenvalue weighted by Gasteiger charge is 2.34. The summed E-state index contributed by atoms with van der Waals surface area (Å²) < 4.78 is 5.65. The lowest BCUT2D eigenvalue weighted by atomic mass is 9.97. The molecular formula is C20H26N4O2. The fourth-order valence-corrected chi connectivity index (χ4v) is 4.16. The molecule has 26 heavy (non-hydrogen) atoms. The maximum Gasteiger partial charge on any atom is 0.269 e. The molecule has 0 spiro atoms.